The second kappa shape index (κ2) is 5.49. The smallest absolute Gasteiger partial charge is 0.311 e. The second-order valence-electron chi connectivity index (χ2n) is 5.84. The summed E-state index contributed by atoms with van der Waals surface area (Å²) < 4.78 is 32.9. The Hall–Kier alpha value is -0.403. The largest absolute Gasteiger partial charge is 0.464 e. The fourth-order valence-electron chi connectivity index (χ4n) is 0.876. The van der Waals surface area contributed by atoms with E-state index in [9.17, 15) is 13.2 Å². The van der Waals surface area contributed by atoms with Gasteiger partial charge in [0.05, 0.1) is 5.41 Å². The molecule has 0 N–H and O–H groups in total. The molecule has 0 radical (unpaired) electrons. The van der Waals surface area contributed by atoms with Gasteiger partial charge in [0.25, 0.3) is 10.1 Å². The quantitative estimate of drug-likeness (QED) is 0.567. The molecule has 0 aliphatic heterocycles. The molecule has 102 valence electrons. The minimum Gasteiger partial charge on any atom is -0.464 e. The number of hydrogen-bond acceptors (Lipinski definition) is 5. The summed E-state index contributed by atoms with van der Waals surface area (Å²) in [4.78, 5) is 11.4. The SMILES string of the molecule is CC(C)(C)C(=O)OCCS(=O)(=O)O[Si](C)(C)C. The molecule has 0 rings (SSSR count). The third kappa shape index (κ3) is 8.34. The monoisotopic (exact) mass is 282 g/mol. The Morgan fingerprint density at radius 2 is 1.65 bits per heavy atom. The predicted octanol–water partition coefficient (Wildman–Crippen LogP) is 1.76. The molecule has 0 saturated carbocycles. The lowest BCUT2D eigenvalue weighted by Crippen LogP contribution is -2.32. The van der Waals surface area contributed by atoms with Crippen molar-refractivity contribution >= 4 is 24.4 Å². The highest BCUT2D eigenvalue weighted by Crippen LogP contribution is 2.15. The van der Waals surface area contributed by atoms with Crippen LogP contribution in [-0.2, 0) is 23.5 Å². The third-order valence-corrected chi connectivity index (χ3v) is 5.24. The van der Waals surface area contributed by atoms with E-state index in [1.165, 1.54) is 0 Å². The van der Waals surface area contributed by atoms with Crippen molar-refractivity contribution in [2.24, 2.45) is 5.41 Å². The van der Waals surface area contributed by atoms with Gasteiger partial charge in [0.15, 0.2) is 0 Å². The van der Waals surface area contributed by atoms with Crippen LogP contribution in [0.4, 0.5) is 0 Å². The van der Waals surface area contributed by atoms with Gasteiger partial charge >= 0.3 is 5.97 Å². The zero-order valence-electron chi connectivity index (χ0n) is 11.4. The number of hydrogen-bond donors (Lipinski definition) is 0. The first-order valence-corrected chi connectivity index (χ1v) is 10.4. The summed E-state index contributed by atoms with van der Waals surface area (Å²) in [7, 11) is -5.73. The molecule has 0 amide bonds. The molecule has 0 aromatic heterocycles. The molecular formula is C10H22O5SSi. The van der Waals surface area contributed by atoms with Gasteiger partial charge in [0.2, 0.25) is 8.32 Å². The number of esters is 1. The molecule has 0 atom stereocenters. The highest BCUT2D eigenvalue weighted by atomic mass is 32.2. The number of carbonyl (C=O) groups is 1. The van der Waals surface area contributed by atoms with Crippen LogP contribution in [-0.4, -0.2) is 35.1 Å². The Kier molecular flexibility index (Phi) is 5.36. The number of ether oxygens (including phenoxy) is 1. The lowest BCUT2D eigenvalue weighted by atomic mass is 9.97. The Balaban J connectivity index is 4.19. The van der Waals surface area contributed by atoms with Crippen molar-refractivity contribution in [1.82, 2.24) is 0 Å². The van der Waals surface area contributed by atoms with Crippen LogP contribution in [0.5, 0.6) is 0 Å². The van der Waals surface area contributed by atoms with Gasteiger partial charge in [-0.05, 0) is 40.4 Å². The van der Waals surface area contributed by atoms with E-state index in [1.807, 2.05) is 0 Å². The summed E-state index contributed by atoms with van der Waals surface area (Å²) in [6.45, 7) is 10.3. The molecular weight excluding hydrogens is 260 g/mol. The van der Waals surface area contributed by atoms with E-state index < -0.39 is 29.8 Å². The maximum Gasteiger partial charge on any atom is 0.311 e. The van der Waals surface area contributed by atoms with Gasteiger partial charge in [-0.15, -0.1) is 0 Å². The predicted molar refractivity (Wildman–Crippen MR) is 68.6 cm³/mol. The van der Waals surface area contributed by atoms with Gasteiger partial charge in [-0.25, -0.2) is 8.42 Å². The van der Waals surface area contributed by atoms with E-state index in [2.05, 4.69) is 0 Å². The highest BCUT2D eigenvalue weighted by Gasteiger charge is 2.26. The van der Waals surface area contributed by atoms with Crippen molar-refractivity contribution in [3.63, 3.8) is 0 Å². The van der Waals surface area contributed by atoms with Crippen LogP contribution in [0.25, 0.3) is 0 Å². The zero-order valence-corrected chi connectivity index (χ0v) is 13.2. The summed E-state index contributed by atoms with van der Waals surface area (Å²) >= 11 is 0. The van der Waals surface area contributed by atoms with Crippen molar-refractivity contribution in [1.29, 1.82) is 0 Å². The first-order chi connectivity index (χ1) is 7.33. The molecule has 17 heavy (non-hydrogen) atoms. The lowest BCUT2D eigenvalue weighted by Gasteiger charge is -2.18. The summed E-state index contributed by atoms with van der Waals surface area (Å²) in [5.74, 6) is -0.709. The molecule has 0 bridgehead atoms. The van der Waals surface area contributed by atoms with Crippen LogP contribution in [0.3, 0.4) is 0 Å². The van der Waals surface area contributed by atoms with E-state index in [0.29, 0.717) is 0 Å². The van der Waals surface area contributed by atoms with E-state index in [0.717, 1.165) is 0 Å². The summed E-state index contributed by atoms with van der Waals surface area (Å²) in [5, 5.41) is 0. The van der Waals surface area contributed by atoms with Crippen molar-refractivity contribution in [3.8, 4) is 0 Å². The standard InChI is InChI=1S/C10H22O5SSi/c1-10(2,3)9(11)14-7-8-16(12,13)15-17(4,5)6/h7-8H2,1-6H3. The molecule has 5 nitrogen and oxygen atoms in total. The van der Waals surface area contributed by atoms with Gasteiger partial charge < -0.3 is 8.61 Å². The average molecular weight is 282 g/mol. The second-order valence-corrected chi connectivity index (χ2v) is 12.3. The molecule has 0 heterocycles. The first-order valence-electron chi connectivity index (χ1n) is 5.44. The molecule has 0 aliphatic carbocycles. The van der Waals surface area contributed by atoms with E-state index in [1.54, 1.807) is 40.4 Å². The van der Waals surface area contributed by atoms with Crippen LogP contribution in [0.1, 0.15) is 20.8 Å². The molecule has 0 spiro atoms. The minimum atomic E-state index is -3.60. The van der Waals surface area contributed by atoms with Gasteiger partial charge in [-0.3, -0.25) is 4.79 Å². The molecule has 0 aliphatic rings. The topological polar surface area (TPSA) is 69.7 Å². The van der Waals surface area contributed by atoms with Crippen LogP contribution in [0, 0.1) is 5.41 Å². The lowest BCUT2D eigenvalue weighted by molar-refractivity contribution is -0.152. The van der Waals surface area contributed by atoms with Gasteiger partial charge in [0, 0.05) is 0 Å². The third-order valence-electron chi connectivity index (χ3n) is 1.56. The van der Waals surface area contributed by atoms with Crippen molar-refractivity contribution < 1.29 is 21.8 Å². The van der Waals surface area contributed by atoms with Crippen LogP contribution in [0.15, 0.2) is 0 Å². The van der Waals surface area contributed by atoms with E-state index in [4.69, 9.17) is 8.61 Å². The molecule has 0 fully saturated rings. The summed E-state index contributed by atoms with van der Waals surface area (Å²) in [5.41, 5.74) is -0.622. The van der Waals surface area contributed by atoms with Crippen molar-refractivity contribution in [2.75, 3.05) is 12.4 Å². The summed E-state index contributed by atoms with van der Waals surface area (Å²) in [6, 6.07) is 0. The van der Waals surface area contributed by atoms with Gasteiger partial charge in [-0.2, -0.15) is 0 Å². The molecule has 0 saturated heterocycles. The van der Waals surface area contributed by atoms with Gasteiger partial charge in [-0.1, -0.05) is 0 Å². The van der Waals surface area contributed by atoms with Gasteiger partial charge in [0.1, 0.15) is 12.4 Å². The Labute approximate surface area is 105 Å². The maximum absolute atomic E-state index is 11.5. The molecule has 0 aromatic rings. The fourth-order valence-corrected chi connectivity index (χ4v) is 4.54. The molecule has 7 heteroatoms. The highest BCUT2D eigenvalue weighted by molar-refractivity contribution is 7.87. The minimum absolute atomic E-state index is 0.164. The van der Waals surface area contributed by atoms with Crippen molar-refractivity contribution in [2.45, 2.75) is 40.4 Å². The van der Waals surface area contributed by atoms with E-state index in [-0.39, 0.29) is 12.4 Å². The normalized spacial score (nSPS) is 13.5. The Bertz CT molecular complexity index is 361. The van der Waals surface area contributed by atoms with E-state index >= 15 is 0 Å². The van der Waals surface area contributed by atoms with Crippen molar-refractivity contribution in [3.05, 3.63) is 0 Å². The Morgan fingerprint density at radius 1 is 1.18 bits per heavy atom. The molecule has 0 aromatic carbocycles. The average Bonchev–Trinajstić information content (AvgIpc) is 1.96. The first kappa shape index (κ1) is 16.6. The van der Waals surface area contributed by atoms with Crippen LogP contribution < -0.4 is 0 Å². The van der Waals surface area contributed by atoms with Crippen LogP contribution >= 0.6 is 0 Å². The summed E-state index contributed by atoms with van der Waals surface area (Å²) in [6.07, 6.45) is 0. The Morgan fingerprint density at radius 3 is 2.00 bits per heavy atom. The van der Waals surface area contributed by atoms with Crippen LogP contribution in [0.2, 0.25) is 19.6 Å². The fraction of sp³-hybridized carbons (Fsp3) is 0.900. The maximum atomic E-state index is 11.5. The number of rotatable bonds is 5. The zero-order chi connectivity index (χ0) is 13.9. The molecule has 0 unspecified atom stereocenters. The number of carbonyl (C=O) groups excluding carboxylic acids is 1.